The first-order valence-corrected chi connectivity index (χ1v) is 17.2. The van der Waals surface area contributed by atoms with E-state index in [4.69, 9.17) is 0 Å². The average Bonchev–Trinajstić information content (AvgIpc) is 3.11. The summed E-state index contributed by atoms with van der Waals surface area (Å²) in [5.74, 6) is 0. The van der Waals surface area contributed by atoms with Crippen molar-refractivity contribution in [2.24, 2.45) is 0 Å². The van der Waals surface area contributed by atoms with Gasteiger partial charge in [-0.3, -0.25) is 0 Å². The number of benzene rings is 2. The number of hydrogen-bond donors (Lipinski definition) is 0. The van der Waals surface area contributed by atoms with Crippen LogP contribution in [0.15, 0.2) is 69.5 Å². The molecule has 130 valence electrons. The van der Waals surface area contributed by atoms with Crippen molar-refractivity contribution in [2.45, 2.75) is 30.1 Å². The predicted molar refractivity (Wildman–Crippen MR) is 112 cm³/mol. The van der Waals surface area contributed by atoms with Gasteiger partial charge in [-0.1, -0.05) is 0 Å². The Morgan fingerprint density at radius 1 is 0.880 bits per heavy atom. The van der Waals surface area contributed by atoms with Crippen LogP contribution in [0.25, 0.3) is 11.1 Å². The van der Waals surface area contributed by atoms with Gasteiger partial charge in [-0.05, 0) is 0 Å². The van der Waals surface area contributed by atoms with E-state index in [9.17, 15) is 0 Å². The van der Waals surface area contributed by atoms with Gasteiger partial charge in [-0.2, -0.15) is 0 Å². The van der Waals surface area contributed by atoms with E-state index in [1.54, 1.807) is 16.7 Å². The van der Waals surface area contributed by atoms with Crippen LogP contribution in [0.3, 0.4) is 0 Å². The van der Waals surface area contributed by atoms with Gasteiger partial charge < -0.3 is 0 Å². The molecule has 0 nitrogen and oxygen atoms in total. The van der Waals surface area contributed by atoms with Crippen molar-refractivity contribution in [3.8, 4) is 11.1 Å². The molecule has 4 heteroatoms. The Balaban J connectivity index is 0.00000113. The Kier molecular flexibility index (Phi) is 7.13. The molecule has 25 heavy (non-hydrogen) atoms. The third kappa shape index (κ3) is 3.56. The van der Waals surface area contributed by atoms with E-state index in [0.717, 1.165) is 3.63 Å². The van der Waals surface area contributed by atoms with Gasteiger partial charge in [0.1, 0.15) is 0 Å². The molecule has 0 amide bonds. The quantitative estimate of drug-likeness (QED) is 0.432. The van der Waals surface area contributed by atoms with E-state index in [1.165, 1.54) is 17.5 Å². The fraction of sp³-hybridized carbons (Fsp3) is 0.238. The van der Waals surface area contributed by atoms with Crippen molar-refractivity contribution in [1.29, 1.82) is 0 Å². The second kappa shape index (κ2) is 8.53. The fourth-order valence-electron chi connectivity index (χ4n) is 4.17. The Morgan fingerprint density at radius 2 is 1.40 bits per heavy atom. The van der Waals surface area contributed by atoms with Gasteiger partial charge in [0.05, 0.1) is 0 Å². The van der Waals surface area contributed by atoms with E-state index in [0.29, 0.717) is 0 Å². The zero-order valence-electron chi connectivity index (χ0n) is 14.9. The zero-order valence-corrected chi connectivity index (χ0v) is 20.0. The van der Waals surface area contributed by atoms with E-state index in [-0.39, 0.29) is 30.2 Å². The van der Waals surface area contributed by atoms with Crippen molar-refractivity contribution in [3.05, 3.63) is 80.7 Å². The van der Waals surface area contributed by atoms with Gasteiger partial charge in [-0.15, -0.1) is 24.8 Å². The minimum Gasteiger partial charge on any atom is -0.147 e. The normalized spacial score (nSPS) is 14.5. The van der Waals surface area contributed by atoms with Crippen molar-refractivity contribution < 1.29 is 20.4 Å². The largest absolute Gasteiger partial charge is 0.147 e. The summed E-state index contributed by atoms with van der Waals surface area (Å²) in [6.45, 7) is 7.49. The number of hydrogen-bond acceptors (Lipinski definition) is 0. The maximum absolute atomic E-state index is 2.57. The SMILES string of the molecule is CC1=[C]([Zr]([CH]2c3ccccc3-c3ccccc32)=[Si](C)C)CC=C1.Cl.Cl. The molecule has 2 aromatic carbocycles. The van der Waals surface area contributed by atoms with Crippen LogP contribution in [0.4, 0.5) is 0 Å². The van der Waals surface area contributed by atoms with Crippen molar-refractivity contribution in [1.82, 2.24) is 0 Å². The number of rotatable bonds is 2. The summed E-state index contributed by atoms with van der Waals surface area (Å²) >= 11 is -1.73. The number of allylic oxidation sites excluding steroid dienone is 4. The van der Waals surface area contributed by atoms with Crippen LogP contribution in [-0.2, 0) is 20.4 Å². The topological polar surface area (TPSA) is 0 Å². The minimum atomic E-state index is -1.73. The summed E-state index contributed by atoms with van der Waals surface area (Å²) in [5, 5.41) is 0. The van der Waals surface area contributed by atoms with Crippen LogP contribution in [0, 0.1) is 0 Å². The Hall–Kier alpha value is -0.400. The summed E-state index contributed by atoms with van der Waals surface area (Å²) in [6.07, 6.45) is 5.99. The monoisotopic (exact) mass is 464 g/mol. The fourth-order valence-corrected chi connectivity index (χ4v) is 23.4. The maximum Gasteiger partial charge on any atom is -0.147 e. The second-order valence-corrected chi connectivity index (χ2v) is 24.3. The summed E-state index contributed by atoms with van der Waals surface area (Å²) in [6, 6.07) is 18.4. The molecule has 0 fully saturated rings. The van der Waals surface area contributed by atoms with E-state index < -0.39 is 20.4 Å². The second-order valence-electron chi connectivity index (χ2n) is 6.79. The molecule has 0 bridgehead atoms. The van der Waals surface area contributed by atoms with Crippen molar-refractivity contribution in [2.75, 3.05) is 0 Å². The van der Waals surface area contributed by atoms with Gasteiger partial charge >= 0.3 is 148 Å². The Morgan fingerprint density at radius 3 is 1.84 bits per heavy atom. The molecule has 4 rings (SSSR count). The smallest absolute Gasteiger partial charge is 0.147 e. The summed E-state index contributed by atoms with van der Waals surface area (Å²) in [5.41, 5.74) is 7.58. The molecule has 2 aliphatic rings. The van der Waals surface area contributed by atoms with E-state index in [1.807, 2.05) is 3.28 Å². The minimum absolute atomic E-state index is 0. The van der Waals surface area contributed by atoms with Crippen LogP contribution in [0.2, 0.25) is 13.1 Å². The first-order valence-electron chi connectivity index (χ1n) is 8.40. The van der Waals surface area contributed by atoms with Gasteiger partial charge in [0.25, 0.3) is 0 Å². The molecule has 0 saturated carbocycles. The van der Waals surface area contributed by atoms with E-state index >= 15 is 0 Å². The van der Waals surface area contributed by atoms with E-state index in [2.05, 4.69) is 80.7 Å². The molecule has 0 unspecified atom stereocenters. The third-order valence-corrected chi connectivity index (χ3v) is 23.7. The van der Waals surface area contributed by atoms with Crippen LogP contribution in [0.5, 0.6) is 0 Å². The Labute approximate surface area is 171 Å². The summed E-state index contributed by atoms with van der Waals surface area (Å²) in [4.78, 5) is 0. The molecule has 0 aromatic heterocycles. The molecule has 0 N–H and O–H groups in total. The molecular formula is C21H24Cl2SiZr. The van der Waals surface area contributed by atoms with Gasteiger partial charge in [-0.25, -0.2) is 0 Å². The predicted octanol–water partition coefficient (Wildman–Crippen LogP) is 6.70. The molecule has 0 aliphatic heterocycles. The van der Waals surface area contributed by atoms with Gasteiger partial charge in [0.2, 0.25) is 0 Å². The maximum atomic E-state index is 2.57. The average molecular weight is 467 g/mol. The first-order chi connectivity index (χ1) is 11.2. The summed E-state index contributed by atoms with van der Waals surface area (Å²) in [7, 11) is 0. The molecule has 0 saturated heterocycles. The molecule has 2 aromatic rings. The number of halogens is 2. The van der Waals surface area contributed by atoms with Crippen LogP contribution < -0.4 is 0 Å². The summed E-state index contributed by atoms with van der Waals surface area (Å²) < 4.78 is 2.61. The van der Waals surface area contributed by atoms with Crippen LogP contribution in [0.1, 0.15) is 28.1 Å². The molecule has 0 radical (unpaired) electrons. The standard InChI is InChI=1S/C13H9.C6H7.C2H6Si.2ClH.Zr/c1-3-7-12-10(5-1)9-11-6-2-4-8-13(11)12;1-6-4-2-3-5-6;1-3-2;;;/h1-9H;2,4H,3H2,1H3;1-2H3;2*1H;. The molecular weight excluding hydrogens is 442 g/mol. The molecule has 0 atom stereocenters. The van der Waals surface area contributed by atoms with Crippen LogP contribution in [-0.4, -0.2) is 5.43 Å². The third-order valence-electron chi connectivity index (χ3n) is 5.15. The Bertz CT molecular complexity index is 847. The van der Waals surface area contributed by atoms with Crippen LogP contribution >= 0.6 is 24.8 Å². The molecule has 0 spiro atoms. The first kappa shape index (κ1) is 20.9. The van der Waals surface area contributed by atoms with Gasteiger partial charge in [0, 0.05) is 0 Å². The molecule has 2 aliphatic carbocycles. The van der Waals surface area contributed by atoms with Gasteiger partial charge in [0.15, 0.2) is 0 Å². The van der Waals surface area contributed by atoms with Crippen molar-refractivity contribution in [3.63, 3.8) is 0 Å². The van der Waals surface area contributed by atoms with Crippen molar-refractivity contribution >= 4 is 30.2 Å². The number of fused-ring (bicyclic) bond motifs is 3. The molecule has 0 heterocycles. The zero-order chi connectivity index (χ0) is 16.0.